The Kier molecular flexibility index (Phi) is 4.10. The van der Waals surface area contributed by atoms with Gasteiger partial charge in [0.05, 0.1) is 6.26 Å². The summed E-state index contributed by atoms with van der Waals surface area (Å²) < 4.78 is 5.18. The third-order valence-electron chi connectivity index (χ3n) is 3.95. The minimum atomic E-state index is -0.570. The third kappa shape index (κ3) is 3.06. The van der Waals surface area contributed by atoms with Crippen LogP contribution in [-0.2, 0) is 0 Å². The molecule has 3 nitrogen and oxygen atoms in total. The van der Waals surface area contributed by atoms with Gasteiger partial charge in [0.15, 0.2) is 0 Å². The first-order valence-electron chi connectivity index (χ1n) is 6.92. The van der Waals surface area contributed by atoms with Crippen LogP contribution in [0.5, 0.6) is 0 Å². The Balaban J connectivity index is 1.43. The van der Waals surface area contributed by atoms with Gasteiger partial charge in [0.2, 0.25) is 0 Å². The number of aliphatic hydroxyl groups excluding tert-OH is 1. The lowest BCUT2D eigenvalue weighted by atomic mass is 9.76. The molecule has 1 saturated carbocycles. The van der Waals surface area contributed by atoms with E-state index >= 15 is 0 Å². The van der Waals surface area contributed by atoms with Crippen LogP contribution in [0.15, 0.2) is 47.1 Å². The van der Waals surface area contributed by atoms with Crippen LogP contribution in [0, 0.1) is 0 Å². The molecule has 0 unspecified atom stereocenters. The third-order valence-corrected chi connectivity index (χ3v) is 4.20. The Labute approximate surface area is 123 Å². The first kappa shape index (κ1) is 13.7. The van der Waals surface area contributed by atoms with Crippen LogP contribution >= 0.6 is 11.6 Å². The van der Waals surface area contributed by atoms with Crippen molar-refractivity contribution in [1.29, 1.82) is 0 Å². The zero-order chi connectivity index (χ0) is 13.9. The highest BCUT2D eigenvalue weighted by atomic mass is 35.5. The van der Waals surface area contributed by atoms with Crippen molar-refractivity contribution in [1.82, 2.24) is 5.32 Å². The summed E-state index contributed by atoms with van der Waals surface area (Å²) in [5.74, 6) is 1.22. The summed E-state index contributed by atoms with van der Waals surface area (Å²) in [6, 6.07) is 12.1. The second kappa shape index (κ2) is 6.00. The van der Waals surface area contributed by atoms with Gasteiger partial charge >= 0.3 is 0 Å². The van der Waals surface area contributed by atoms with E-state index in [9.17, 15) is 5.11 Å². The minimum absolute atomic E-state index is 0.472. The van der Waals surface area contributed by atoms with E-state index in [0.29, 0.717) is 24.3 Å². The van der Waals surface area contributed by atoms with Crippen LogP contribution < -0.4 is 5.32 Å². The van der Waals surface area contributed by atoms with Crippen LogP contribution in [0.25, 0.3) is 0 Å². The van der Waals surface area contributed by atoms with Gasteiger partial charge < -0.3 is 14.8 Å². The highest BCUT2D eigenvalue weighted by molar-refractivity contribution is 6.30. The second-order valence-electron chi connectivity index (χ2n) is 5.36. The number of hydrogen-bond acceptors (Lipinski definition) is 3. The molecule has 1 fully saturated rings. The average molecular weight is 292 g/mol. The predicted octanol–water partition coefficient (Wildman–Crippen LogP) is 3.50. The fourth-order valence-corrected chi connectivity index (χ4v) is 2.78. The second-order valence-corrected chi connectivity index (χ2v) is 5.79. The lowest BCUT2D eigenvalue weighted by molar-refractivity contribution is 0.134. The standard InChI is InChI=1S/C16H18ClNO2/c17-13-5-3-11(4-6-13)12-8-14(9-12)18-10-15(19)16-2-1-7-20-16/h1-7,12,14-15,18-19H,8-10H2/t12?,14?,15-/m0/s1. The van der Waals surface area contributed by atoms with Crippen molar-refractivity contribution in [3.05, 3.63) is 59.0 Å². The molecule has 0 aliphatic heterocycles. The maximum Gasteiger partial charge on any atom is 0.133 e. The smallest absolute Gasteiger partial charge is 0.133 e. The molecule has 20 heavy (non-hydrogen) atoms. The van der Waals surface area contributed by atoms with E-state index in [1.165, 1.54) is 5.56 Å². The van der Waals surface area contributed by atoms with Crippen molar-refractivity contribution >= 4 is 11.6 Å². The Morgan fingerprint density at radius 1 is 1.25 bits per heavy atom. The molecule has 2 aromatic rings. The Morgan fingerprint density at radius 3 is 2.65 bits per heavy atom. The molecular weight excluding hydrogens is 274 g/mol. The van der Waals surface area contributed by atoms with E-state index < -0.39 is 6.10 Å². The minimum Gasteiger partial charge on any atom is -0.467 e. The predicted molar refractivity (Wildman–Crippen MR) is 78.9 cm³/mol. The lowest BCUT2D eigenvalue weighted by Crippen LogP contribution is -2.41. The van der Waals surface area contributed by atoms with Gasteiger partial charge in [0.1, 0.15) is 11.9 Å². The first-order valence-corrected chi connectivity index (χ1v) is 7.30. The van der Waals surface area contributed by atoms with Crippen LogP contribution in [0.1, 0.15) is 36.2 Å². The lowest BCUT2D eigenvalue weighted by Gasteiger charge is -2.36. The number of nitrogens with one attached hydrogen (secondary N) is 1. The van der Waals surface area contributed by atoms with Crippen molar-refractivity contribution in [2.24, 2.45) is 0 Å². The first-order chi connectivity index (χ1) is 9.72. The van der Waals surface area contributed by atoms with Gasteiger partial charge in [0.25, 0.3) is 0 Å². The molecule has 1 aliphatic rings. The van der Waals surface area contributed by atoms with Crippen LogP contribution in [0.3, 0.4) is 0 Å². The number of benzene rings is 1. The molecule has 0 amide bonds. The molecule has 1 atom stereocenters. The molecule has 2 N–H and O–H groups in total. The van der Waals surface area contributed by atoms with E-state index in [0.717, 1.165) is 17.9 Å². The maximum absolute atomic E-state index is 9.92. The highest BCUT2D eigenvalue weighted by Gasteiger charge is 2.30. The molecule has 1 aromatic heterocycles. The van der Waals surface area contributed by atoms with Gasteiger partial charge in [-0.15, -0.1) is 0 Å². The quantitative estimate of drug-likeness (QED) is 0.886. The van der Waals surface area contributed by atoms with Crippen LogP contribution in [0.2, 0.25) is 5.02 Å². The number of rotatable bonds is 5. The Bertz CT molecular complexity index is 532. The summed E-state index contributed by atoms with van der Waals surface area (Å²) in [5, 5.41) is 14.1. The van der Waals surface area contributed by atoms with Gasteiger partial charge in [-0.3, -0.25) is 0 Å². The van der Waals surface area contributed by atoms with Crippen molar-refractivity contribution < 1.29 is 9.52 Å². The highest BCUT2D eigenvalue weighted by Crippen LogP contribution is 2.37. The molecule has 0 radical (unpaired) electrons. The molecule has 3 rings (SSSR count). The fraction of sp³-hybridized carbons (Fsp3) is 0.375. The normalized spacial score (nSPS) is 23.3. The topological polar surface area (TPSA) is 45.4 Å². The molecule has 0 spiro atoms. The van der Waals surface area contributed by atoms with Crippen LogP contribution in [0.4, 0.5) is 0 Å². The Hall–Kier alpha value is -1.29. The molecule has 4 heteroatoms. The summed E-state index contributed by atoms with van der Waals surface area (Å²) in [5.41, 5.74) is 1.35. The fourth-order valence-electron chi connectivity index (χ4n) is 2.65. The van der Waals surface area contributed by atoms with E-state index in [4.69, 9.17) is 16.0 Å². The van der Waals surface area contributed by atoms with Gasteiger partial charge in [0, 0.05) is 17.6 Å². The summed E-state index contributed by atoms with van der Waals surface area (Å²) in [6.07, 6.45) is 3.22. The summed E-state index contributed by atoms with van der Waals surface area (Å²) >= 11 is 5.89. The summed E-state index contributed by atoms with van der Waals surface area (Å²) in [6.45, 7) is 0.533. The largest absolute Gasteiger partial charge is 0.467 e. The molecule has 0 bridgehead atoms. The number of halogens is 1. The number of furan rings is 1. The summed E-state index contributed by atoms with van der Waals surface area (Å²) in [7, 11) is 0. The molecule has 1 heterocycles. The van der Waals surface area contributed by atoms with Gasteiger partial charge in [-0.2, -0.15) is 0 Å². The zero-order valence-electron chi connectivity index (χ0n) is 11.1. The molecule has 1 aromatic carbocycles. The number of hydrogen-bond donors (Lipinski definition) is 2. The molecule has 106 valence electrons. The molecule has 0 saturated heterocycles. The average Bonchev–Trinajstić information content (AvgIpc) is 2.92. The summed E-state index contributed by atoms with van der Waals surface area (Å²) in [4.78, 5) is 0. The van der Waals surface area contributed by atoms with Crippen molar-refractivity contribution in [2.75, 3.05) is 6.54 Å². The van der Waals surface area contributed by atoms with Crippen molar-refractivity contribution in [2.45, 2.75) is 30.9 Å². The SMILES string of the molecule is O[C@@H](CNC1CC(c2ccc(Cl)cc2)C1)c1ccco1. The van der Waals surface area contributed by atoms with E-state index in [-0.39, 0.29) is 0 Å². The van der Waals surface area contributed by atoms with E-state index in [1.807, 2.05) is 12.1 Å². The Morgan fingerprint density at radius 2 is 2.00 bits per heavy atom. The van der Waals surface area contributed by atoms with Gasteiger partial charge in [-0.1, -0.05) is 23.7 Å². The van der Waals surface area contributed by atoms with Gasteiger partial charge in [-0.05, 0) is 48.6 Å². The van der Waals surface area contributed by atoms with E-state index in [1.54, 1.807) is 18.4 Å². The van der Waals surface area contributed by atoms with Gasteiger partial charge in [-0.25, -0.2) is 0 Å². The molecule has 1 aliphatic carbocycles. The van der Waals surface area contributed by atoms with Crippen molar-refractivity contribution in [3.8, 4) is 0 Å². The maximum atomic E-state index is 9.92. The number of aliphatic hydroxyl groups is 1. The molecular formula is C16H18ClNO2. The van der Waals surface area contributed by atoms with E-state index in [2.05, 4.69) is 17.4 Å². The monoisotopic (exact) mass is 291 g/mol. The zero-order valence-corrected chi connectivity index (χ0v) is 11.9. The van der Waals surface area contributed by atoms with Crippen molar-refractivity contribution in [3.63, 3.8) is 0 Å². The van der Waals surface area contributed by atoms with Crippen LogP contribution in [-0.4, -0.2) is 17.7 Å².